The Morgan fingerprint density at radius 1 is 0.187 bits per heavy atom. The molecule has 0 saturated carbocycles. The van der Waals surface area contributed by atoms with Crippen molar-refractivity contribution in [2.75, 3.05) is 13.2 Å². The van der Waals surface area contributed by atoms with Crippen LogP contribution >= 0.6 is 0 Å². The lowest BCUT2D eigenvalue weighted by molar-refractivity contribution is 0.0478. The first-order chi connectivity index (χ1) is 52.9. The molecule has 0 amide bonds. The first kappa shape index (κ1) is 65.0. The normalized spacial score (nSPS) is 12.8. The fraction of sp³-hybridized carbons (Fsp3) is 0.0526. The van der Waals surface area contributed by atoms with Crippen molar-refractivity contribution >= 4 is 56.5 Å². The van der Waals surface area contributed by atoms with Crippen LogP contribution in [0.4, 0.5) is 0 Å². The molecule has 0 spiro atoms. The molecule has 8 aromatic carbocycles. The average Bonchev–Trinajstić information content (AvgIpc) is 1.62. The third-order valence-corrected chi connectivity index (χ3v) is 20.2. The molecule has 0 unspecified atom stereocenters. The highest BCUT2D eigenvalue weighted by Gasteiger charge is 2.23. The van der Waals surface area contributed by atoms with Crippen LogP contribution in [0.3, 0.4) is 0 Å². The number of carbonyl (C=O) groups is 2. The van der Waals surface area contributed by atoms with E-state index in [1.54, 1.807) is 0 Å². The quantitative estimate of drug-likeness (QED) is 0.0355. The lowest BCUT2D eigenvalue weighted by Crippen LogP contribution is -2.19. The van der Waals surface area contributed by atoms with Gasteiger partial charge in [0.1, 0.15) is 0 Å². The van der Waals surface area contributed by atoms with Crippen molar-refractivity contribution in [3.8, 4) is 0 Å². The smallest absolute Gasteiger partial charge is 0.338 e. The number of esters is 2. The predicted octanol–water partition coefficient (Wildman–Crippen LogP) is 13.1. The van der Waals surface area contributed by atoms with Crippen LogP contribution in [0.5, 0.6) is 0 Å². The molecule has 0 aliphatic carbocycles. The van der Waals surface area contributed by atoms with Crippen molar-refractivity contribution in [3.05, 3.63) is 472 Å². The molecule has 0 radical (unpaired) electrons. The molecule has 107 heavy (non-hydrogen) atoms. The second-order valence-electron chi connectivity index (χ2n) is 27.0. The Kier molecular flexibility index (Phi) is 17.4. The van der Waals surface area contributed by atoms with Crippen LogP contribution in [-0.4, -0.2) is 65.0 Å². The standard InChI is InChI=1S/C95H72N8O4/c104-94(68-38-34-66(35-39-68)92-82-54-50-78(100-82)88(62-26-12-3-13-27-62)74-46-42-70(96-74)86(60-22-8-1-9-23-60)71-43-47-75(97-71)89(63-28-14-4-15-29-63)79-51-55-83(92)101-79)106-58-20-7-21-59-107-95(105)69-40-36-67(37-41-69)93-84-56-52-80(102-84)90(64-30-16-5-17-31-64)76-48-44-72(98-76)87(61-24-10-2-11-25-61)73-45-49-77(99-73)91(65-32-18-6-19-33-65)81-53-57-85(93)103-81/h1-6,8-19,22-57,96-103H,7,20-21,58-59H2. The Labute approximate surface area is 615 Å². The van der Waals surface area contributed by atoms with E-state index >= 15 is 0 Å². The van der Waals surface area contributed by atoms with Crippen LogP contribution in [-0.2, 0) is 9.47 Å². The van der Waals surface area contributed by atoms with E-state index in [-0.39, 0.29) is 13.2 Å². The summed E-state index contributed by atoms with van der Waals surface area (Å²) in [5.41, 5.74) is 24.7. The molecule has 0 fully saturated rings. The third-order valence-electron chi connectivity index (χ3n) is 20.2. The van der Waals surface area contributed by atoms with E-state index in [2.05, 4.69) is 283 Å². The molecule has 2 aliphatic rings. The van der Waals surface area contributed by atoms with Gasteiger partial charge in [-0.3, -0.25) is 0 Å². The largest absolute Gasteiger partial charge is 0.462 e. The van der Waals surface area contributed by atoms with Gasteiger partial charge in [0, 0.05) is 133 Å². The summed E-state index contributed by atoms with van der Waals surface area (Å²) in [6.07, 6.45) is 1.89. The zero-order valence-electron chi connectivity index (χ0n) is 58.3. The van der Waals surface area contributed by atoms with Gasteiger partial charge in [0.2, 0.25) is 0 Å². The molecule has 0 saturated heterocycles. The van der Waals surface area contributed by atoms with E-state index in [1.807, 2.05) is 84.9 Å². The van der Waals surface area contributed by atoms with E-state index in [1.165, 1.54) is 0 Å². The van der Waals surface area contributed by atoms with Crippen molar-refractivity contribution in [1.82, 2.24) is 39.9 Å². The maximum Gasteiger partial charge on any atom is 0.338 e. The number of hydrogen-bond acceptors (Lipinski definition) is 4. The van der Waals surface area contributed by atoms with Crippen LogP contribution in [0.1, 0.15) is 130 Å². The fourth-order valence-electron chi connectivity index (χ4n) is 15.2. The van der Waals surface area contributed by atoms with Crippen LogP contribution in [0.2, 0.25) is 0 Å². The number of hydrogen-bond donors (Lipinski definition) is 8. The van der Waals surface area contributed by atoms with Gasteiger partial charge in [-0.2, -0.15) is 0 Å². The van der Waals surface area contributed by atoms with Crippen molar-refractivity contribution in [2.45, 2.75) is 19.3 Å². The molecular formula is C95H72N8O4. The lowest BCUT2D eigenvalue weighted by atomic mass is 10.0. The zero-order chi connectivity index (χ0) is 71.6. The van der Waals surface area contributed by atoms with Gasteiger partial charge in [0.15, 0.2) is 0 Å². The number of aromatic nitrogens is 8. The van der Waals surface area contributed by atoms with Crippen molar-refractivity contribution < 1.29 is 19.1 Å². The number of carbonyl (C=O) groups excluding carboxylic acids is 2. The summed E-state index contributed by atoms with van der Waals surface area (Å²) in [6.45, 7) is 0.435. The molecule has 16 bridgehead atoms. The van der Waals surface area contributed by atoms with Gasteiger partial charge in [-0.25, -0.2) is 9.59 Å². The van der Waals surface area contributed by atoms with Crippen molar-refractivity contribution in [2.24, 2.45) is 0 Å². The summed E-state index contributed by atoms with van der Waals surface area (Å²) in [6, 6.07) is 113. The van der Waals surface area contributed by atoms with Gasteiger partial charge < -0.3 is 49.3 Å². The predicted molar refractivity (Wildman–Crippen MR) is 422 cm³/mol. The van der Waals surface area contributed by atoms with E-state index in [9.17, 15) is 9.59 Å². The number of nitrogens with one attached hydrogen (secondary N) is 8. The molecule has 18 rings (SSSR count). The first-order valence-electron chi connectivity index (χ1n) is 36.3. The maximum absolute atomic E-state index is 13.8. The molecule has 0 atom stereocenters. The summed E-state index contributed by atoms with van der Waals surface area (Å²) < 4.78 is 11.8. The van der Waals surface area contributed by atoms with Gasteiger partial charge in [0.25, 0.3) is 0 Å². The minimum atomic E-state index is -0.410. The van der Waals surface area contributed by atoms with Gasteiger partial charge in [0.05, 0.1) is 24.3 Å². The van der Waals surface area contributed by atoms with Crippen molar-refractivity contribution in [3.63, 3.8) is 0 Å². The summed E-state index contributed by atoms with van der Waals surface area (Å²) in [7, 11) is 0. The number of fused-ring (bicyclic) bond motifs is 16. The van der Waals surface area contributed by atoms with Crippen LogP contribution < -0.4 is 42.8 Å². The van der Waals surface area contributed by atoms with E-state index < -0.39 is 11.9 Å². The van der Waals surface area contributed by atoms with Gasteiger partial charge >= 0.3 is 11.9 Å². The van der Waals surface area contributed by atoms with E-state index in [4.69, 9.17) is 9.47 Å². The topological polar surface area (TPSA) is 179 Å². The molecule has 12 heteroatoms. The Hall–Kier alpha value is -14.1. The number of rotatable bonds is 16. The Balaban J connectivity index is 0.584. The summed E-state index contributed by atoms with van der Waals surface area (Å²) in [4.78, 5) is 58.5. The molecular weight excluding hydrogens is 1320 g/mol. The summed E-state index contributed by atoms with van der Waals surface area (Å²) in [5.74, 6) is -0.820. The van der Waals surface area contributed by atoms with Crippen molar-refractivity contribution in [1.29, 1.82) is 0 Å². The molecule has 16 aromatic rings. The SMILES string of the molecule is O=C(OCCCCCOC(=O)c1ccc(C2=c3ccc([nH]3)=C(c3ccccc3)c3ccc([nH]3)C(c3ccccc3)=c3ccc([nH]3)=C(c3ccccc3)c3ccc2[nH]3)cc1)c1ccc(C2=c3ccc([nH]3)=C(c3ccccc3)c3ccc([nH]3)C(c3ccccc3)=c3ccc([nH]3)=C(c3ccccc3)c3ccc2[nH]3)cc1. The third kappa shape index (κ3) is 12.9. The Morgan fingerprint density at radius 3 is 0.551 bits per heavy atom. The molecule has 10 heterocycles. The highest BCUT2D eigenvalue weighted by molar-refractivity contribution is 5.93. The van der Waals surface area contributed by atoms with Crippen LogP contribution in [0.15, 0.2) is 328 Å². The molecule has 516 valence electrons. The van der Waals surface area contributed by atoms with E-state index in [0.717, 1.165) is 177 Å². The summed E-state index contributed by atoms with van der Waals surface area (Å²) >= 11 is 0. The Morgan fingerprint density at radius 2 is 0.364 bits per heavy atom. The highest BCUT2D eigenvalue weighted by atomic mass is 16.5. The Bertz CT molecular complexity index is 6130. The lowest BCUT2D eigenvalue weighted by Gasteiger charge is -2.10. The first-order valence-corrected chi connectivity index (χ1v) is 36.3. The highest BCUT2D eigenvalue weighted by Crippen LogP contribution is 2.32. The minimum Gasteiger partial charge on any atom is -0.462 e. The second kappa shape index (κ2) is 28.6. The number of unbranched alkanes of at least 4 members (excludes halogenated alkanes) is 2. The maximum atomic E-state index is 13.8. The zero-order valence-corrected chi connectivity index (χ0v) is 58.3. The fourth-order valence-corrected chi connectivity index (χ4v) is 15.2. The summed E-state index contributed by atoms with van der Waals surface area (Å²) in [5, 5.41) is 7.54. The van der Waals surface area contributed by atoms with Crippen LogP contribution in [0, 0.1) is 0 Å². The average molecular weight is 1390 g/mol. The number of benzene rings is 8. The second-order valence-corrected chi connectivity index (χ2v) is 27.0. The molecule has 12 nitrogen and oxygen atoms in total. The van der Waals surface area contributed by atoms with E-state index in [0.29, 0.717) is 30.4 Å². The minimum absolute atomic E-state index is 0.218. The number of H-pyrrole nitrogens is 8. The monoisotopic (exact) mass is 1390 g/mol. The molecule has 8 aromatic heterocycles. The van der Waals surface area contributed by atoms with Crippen LogP contribution in [0.25, 0.3) is 44.6 Å². The molecule has 2 aliphatic heterocycles. The van der Waals surface area contributed by atoms with Gasteiger partial charge in [-0.05, 0) is 185 Å². The molecule has 8 N–H and O–H groups in total. The van der Waals surface area contributed by atoms with Gasteiger partial charge in [-0.15, -0.1) is 0 Å². The van der Waals surface area contributed by atoms with Gasteiger partial charge in [-0.1, -0.05) is 206 Å². The number of aromatic amines is 8. The number of ether oxygens (including phenoxy) is 2.